The molecule has 3 N–H and O–H groups in total. The molecule has 1 aliphatic rings. The number of nitrogens with zero attached hydrogens (tertiary/aromatic N) is 3. The molecule has 6 heteroatoms. The molecule has 1 fully saturated rings. The van der Waals surface area contributed by atoms with Crippen molar-refractivity contribution >= 4 is 11.7 Å². The van der Waals surface area contributed by atoms with Gasteiger partial charge in [-0.3, -0.25) is 4.79 Å². The fourth-order valence-corrected chi connectivity index (χ4v) is 2.14. The summed E-state index contributed by atoms with van der Waals surface area (Å²) in [5.74, 6) is 0.448. The molecule has 0 radical (unpaired) electrons. The summed E-state index contributed by atoms with van der Waals surface area (Å²) >= 11 is 0. The van der Waals surface area contributed by atoms with E-state index in [1.54, 1.807) is 0 Å². The number of rotatable bonds is 7. The minimum Gasteiger partial charge on any atom is -0.409 e. The van der Waals surface area contributed by atoms with Crippen molar-refractivity contribution < 1.29 is 10.0 Å². The van der Waals surface area contributed by atoms with Crippen LogP contribution >= 0.6 is 0 Å². The van der Waals surface area contributed by atoms with Crippen molar-refractivity contribution in [3.05, 3.63) is 0 Å². The van der Waals surface area contributed by atoms with Crippen LogP contribution in [0.3, 0.4) is 0 Å². The fourth-order valence-electron chi connectivity index (χ4n) is 2.14. The Hall–Kier alpha value is -1.30. The molecule has 0 heterocycles. The number of carbonyl (C=O) groups is 1. The second-order valence-electron chi connectivity index (χ2n) is 6.02. The van der Waals surface area contributed by atoms with Crippen LogP contribution in [-0.2, 0) is 4.79 Å². The van der Waals surface area contributed by atoms with Crippen molar-refractivity contribution in [1.82, 2.24) is 9.80 Å². The highest BCUT2D eigenvalue weighted by atomic mass is 16.4. The second kappa shape index (κ2) is 6.23. The second-order valence-corrected chi connectivity index (χ2v) is 6.02. The molecule has 0 atom stereocenters. The molecule has 1 rings (SSSR count). The molecular weight excluding hydrogens is 244 g/mol. The molecule has 0 aromatic carbocycles. The van der Waals surface area contributed by atoms with Crippen LogP contribution < -0.4 is 5.73 Å². The SMILES string of the molecule is CC(C)CN(CCN(C)C)C(=O)C1(C(N)=NO)CC1. The molecule has 6 nitrogen and oxygen atoms in total. The number of likely N-dealkylation sites (N-methyl/N-ethyl adjacent to an activating group) is 1. The van der Waals surface area contributed by atoms with Gasteiger partial charge in [-0.05, 0) is 32.9 Å². The van der Waals surface area contributed by atoms with Crippen LogP contribution in [-0.4, -0.2) is 60.5 Å². The van der Waals surface area contributed by atoms with Crippen molar-refractivity contribution in [2.75, 3.05) is 33.7 Å². The summed E-state index contributed by atoms with van der Waals surface area (Å²) in [6, 6.07) is 0. The summed E-state index contributed by atoms with van der Waals surface area (Å²) in [5.41, 5.74) is 4.94. The van der Waals surface area contributed by atoms with E-state index in [0.717, 1.165) is 6.54 Å². The number of amides is 1. The topological polar surface area (TPSA) is 82.2 Å². The van der Waals surface area contributed by atoms with Crippen molar-refractivity contribution in [2.24, 2.45) is 22.2 Å². The van der Waals surface area contributed by atoms with Gasteiger partial charge >= 0.3 is 0 Å². The number of nitrogens with two attached hydrogens (primary N) is 1. The van der Waals surface area contributed by atoms with Crippen molar-refractivity contribution in [2.45, 2.75) is 26.7 Å². The first-order valence-corrected chi connectivity index (χ1v) is 6.75. The van der Waals surface area contributed by atoms with Crippen LogP contribution in [0, 0.1) is 11.3 Å². The standard InChI is InChI=1S/C13H26N4O2/c1-10(2)9-17(8-7-16(3)4)12(18)13(5-6-13)11(14)15-19/h10,19H,5-9H2,1-4H3,(H2,14,15). The molecule has 0 bridgehead atoms. The maximum absolute atomic E-state index is 12.6. The molecule has 0 unspecified atom stereocenters. The number of oxime groups is 1. The van der Waals surface area contributed by atoms with E-state index < -0.39 is 5.41 Å². The third-order valence-electron chi connectivity index (χ3n) is 3.45. The van der Waals surface area contributed by atoms with Gasteiger partial charge in [-0.15, -0.1) is 0 Å². The van der Waals surface area contributed by atoms with Gasteiger partial charge in [-0.25, -0.2) is 0 Å². The van der Waals surface area contributed by atoms with Crippen LogP contribution in [0.25, 0.3) is 0 Å². The van der Waals surface area contributed by atoms with E-state index in [0.29, 0.717) is 31.8 Å². The molecule has 0 aromatic heterocycles. The zero-order valence-corrected chi connectivity index (χ0v) is 12.4. The van der Waals surface area contributed by atoms with Gasteiger partial charge in [-0.2, -0.15) is 0 Å². The molecule has 0 aromatic rings. The Balaban J connectivity index is 2.77. The van der Waals surface area contributed by atoms with E-state index in [1.165, 1.54) is 0 Å². The van der Waals surface area contributed by atoms with Gasteiger partial charge in [0.25, 0.3) is 0 Å². The van der Waals surface area contributed by atoms with Crippen LogP contribution in [0.15, 0.2) is 5.16 Å². The minimum absolute atomic E-state index is 0.00153. The first-order valence-electron chi connectivity index (χ1n) is 6.75. The van der Waals surface area contributed by atoms with Crippen LogP contribution in [0.5, 0.6) is 0 Å². The Kier molecular flexibility index (Phi) is 5.17. The van der Waals surface area contributed by atoms with Crippen LogP contribution in [0.2, 0.25) is 0 Å². The summed E-state index contributed by atoms with van der Waals surface area (Å²) in [4.78, 5) is 16.5. The molecule has 1 amide bonds. The number of amidine groups is 1. The largest absolute Gasteiger partial charge is 0.409 e. The van der Waals surface area contributed by atoms with Crippen LogP contribution in [0.1, 0.15) is 26.7 Å². The molecule has 1 saturated carbocycles. The van der Waals surface area contributed by atoms with Crippen molar-refractivity contribution in [1.29, 1.82) is 0 Å². The lowest BCUT2D eigenvalue weighted by atomic mass is 10.0. The zero-order chi connectivity index (χ0) is 14.6. The maximum Gasteiger partial charge on any atom is 0.236 e. The Morgan fingerprint density at radius 3 is 2.32 bits per heavy atom. The number of hydrogen-bond acceptors (Lipinski definition) is 4. The lowest BCUT2D eigenvalue weighted by molar-refractivity contribution is -0.135. The molecular formula is C13H26N4O2. The maximum atomic E-state index is 12.6. The first kappa shape index (κ1) is 15.8. The van der Waals surface area contributed by atoms with E-state index in [-0.39, 0.29) is 11.7 Å². The van der Waals surface area contributed by atoms with E-state index in [2.05, 4.69) is 19.0 Å². The lowest BCUT2D eigenvalue weighted by Gasteiger charge is -2.29. The Morgan fingerprint density at radius 1 is 1.37 bits per heavy atom. The average Bonchev–Trinajstić information content (AvgIpc) is 3.13. The number of carbonyl (C=O) groups excluding carboxylic acids is 1. The highest BCUT2D eigenvalue weighted by Gasteiger charge is 2.55. The average molecular weight is 270 g/mol. The first-order chi connectivity index (χ1) is 8.83. The third-order valence-corrected chi connectivity index (χ3v) is 3.45. The monoisotopic (exact) mass is 270 g/mol. The highest BCUT2D eigenvalue weighted by molar-refractivity contribution is 6.09. The van der Waals surface area contributed by atoms with E-state index in [9.17, 15) is 4.79 Å². The quantitative estimate of drug-likeness (QED) is 0.306. The van der Waals surface area contributed by atoms with Gasteiger partial charge in [0, 0.05) is 19.6 Å². The summed E-state index contributed by atoms with van der Waals surface area (Å²) in [5, 5.41) is 11.9. The van der Waals surface area contributed by atoms with Gasteiger partial charge in [-0.1, -0.05) is 19.0 Å². The van der Waals surface area contributed by atoms with E-state index in [1.807, 2.05) is 23.9 Å². The van der Waals surface area contributed by atoms with Gasteiger partial charge in [0.15, 0.2) is 5.84 Å². The minimum atomic E-state index is -0.740. The van der Waals surface area contributed by atoms with Crippen LogP contribution in [0.4, 0.5) is 0 Å². The Labute approximate surface area is 115 Å². The van der Waals surface area contributed by atoms with E-state index in [4.69, 9.17) is 10.9 Å². The normalized spacial score (nSPS) is 17.9. The van der Waals surface area contributed by atoms with Gasteiger partial charge in [0.2, 0.25) is 5.91 Å². The van der Waals surface area contributed by atoms with Gasteiger partial charge in [0.05, 0.1) is 0 Å². The summed E-state index contributed by atoms with van der Waals surface area (Å²) in [6.07, 6.45) is 1.36. The Morgan fingerprint density at radius 2 is 1.95 bits per heavy atom. The molecule has 0 saturated heterocycles. The summed E-state index contributed by atoms with van der Waals surface area (Å²) in [7, 11) is 3.96. The summed E-state index contributed by atoms with van der Waals surface area (Å²) < 4.78 is 0. The van der Waals surface area contributed by atoms with Crippen molar-refractivity contribution in [3.8, 4) is 0 Å². The zero-order valence-electron chi connectivity index (χ0n) is 12.4. The summed E-state index contributed by atoms with van der Waals surface area (Å²) in [6.45, 7) is 6.35. The lowest BCUT2D eigenvalue weighted by Crippen LogP contribution is -2.47. The van der Waals surface area contributed by atoms with E-state index >= 15 is 0 Å². The number of hydrogen-bond donors (Lipinski definition) is 2. The Bertz CT molecular complexity index is 349. The van der Waals surface area contributed by atoms with Crippen molar-refractivity contribution in [3.63, 3.8) is 0 Å². The smallest absolute Gasteiger partial charge is 0.236 e. The predicted octanol–water partition coefficient (Wildman–Crippen LogP) is 0.559. The molecule has 0 aliphatic heterocycles. The third kappa shape index (κ3) is 3.83. The highest BCUT2D eigenvalue weighted by Crippen LogP contribution is 2.47. The molecule has 0 spiro atoms. The van der Waals surface area contributed by atoms with Gasteiger partial charge < -0.3 is 20.7 Å². The molecule has 19 heavy (non-hydrogen) atoms. The molecule has 110 valence electrons. The fraction of sp³-hybridized carbons (Fsp3) is 0.846. The predicted molar refractivity (Wildman–Crippen MR) is 75.0 cm³/mol. The van der Waals surface area contributed by atoms with Gasteiger partial charge in [0.1, 0.15) is 5.41 Å². The molecule has 1 aliphatic carbocycles.